The van der Waals surface area contributed by atoms with Crippen molar-refractivity contribution in [2.45, 2.75) is 13.1 Å². The summed E-state index contributed by atoms with van der Waals surface area (Å²) in [6, 6.07) is 18.7. The Morgan fingerprint density at radius 2 is 1.77 bits per heavy atom. The molecule has 0 unspecified atom stereocenters. The van der Waals surface area contributed by atoms with Gasteiger partial charge in [-0.2, -0.15) is 0 Å². The van der Waals surface area contributed by atoms with Crippen molar-refractivity contribution in [1.82, 2.24) is 14.7 Å². The van der Waals surface area contributed by atoms with Gasteiger partial charge < -0.3 is 29.3 Å². The molecular formula is C29H36N4O5S. The third kappa shape index (κ3) is 8.44. The highest BCUT2D eigenvalue weighted by Crippen LogP contribution is 2.29. The number of hydrogen-bond acceptors (Lipinski definition) is 7. The molecule has 0 spiro atoms. The molecule has 1 saturated heterocycles. The van der Waals surface area contributed by atoms with Crippen LogP contribution in [-0.2, 0) is 22.6 Å². The molecule has 4 rings (SSSR count). The van der Waals surface area contributed by atoms with Gasteiger partial charge in [-0.15, -0.1) is 11.3 Å². The van der Waals surface area contributed by atoms with Gasteiger partial charge in [0.25, 0.3) is 0 Å². The van der Waals surface area contributed by atoms with E-state index in [0.717, 1.165) is 23.5 Å². The zero-order chi connectivity index (χ0) is 27.5. The molecule has 0 atom stereocenters. The molecule has 39 heavy (non-hydrogen) atoms. The molecule has 0 aliphatic carbocycles. The van der Waals surface area contributed by atoms with Gasteiger partial charge in [-0.05, 0) is 29.1 Å². The highest BCUT2D eigenvalue weighted by Gasteiger charge is 2.24. The maximum Gasteiger partial charge on any atom is 0.322 e. The summed E-state index contributed by atoms with van der Waals surface area (Å²) >= 11 is 1.61. The molecule has 3 aromatic rings. The van der Waals surface area contributed by atoms with Crippen LogP contribution in [0.15, 0.2) is 66.0 Å². The standard InChI is InChI=1S/C29H36N4O5S/c1-36-24-10-11-26(27(19-24)37-2)30-29(35)32(13-12-31-14-16-38-17-15-31)22-28(34)33(21-25-9-6-18-39-25)20-23-7-4-3-5-8-23/h3-11,18-19H,12-17,20-22H2,1-2H3,(H,30,35). The zero-order valence-corrected chi connectivity index (χ0v) is 23.3. The molecule has 208 valence electrons. The molecule has 0 radical (unpaired) electrons. The van der Waals surface area contributed by atoms with Crippen LogP contribution in [0.3, 0.4) is 0 Å². The van der Waals surface area contributed by atoms with Crippen LogP contribution < -0.4 is 14.8 Å². The predicted molar refractivity (Wildman–Crippen MR) is 152 cm³/mol. The van der Waals surface area contributed by atoms with E-state index in [1.807, 2.05) is 52.7 Å². The number of thiophene rings is 1. The average Bonchev–Trinajstić information content (AvgIpc) is 3.49. The van der Waals surface area contributed by atoms with Gasteiger partial charge in [0.05, 0.1) is 39.7 Å². The van der Waals surface area contributed by atoms with Crippen LogP contribution in [0.4, 0.5) is 10.5 Å². The van der Waals surface area contributed by atoms with Crippen molar-refractivity contribution in [3.63, 3.8) is 0 Å². The summed E-state index contributed by atoms with van der Waals surface area (Å²) < 4.78 is 16.2. The minimum absolute atomic E-state index is 0.0488. The van der Waals surface area contributed by atoms with Crippen molar-refractivity contribution in [2.24, 2.45) is 0 Å². The Kier molecular flexibility index (Phi) is 10.6. The Hall–Kier alpha value is -3.60. The smallest absolute Gasteiger partial charge is 0.322 e. The molecule has 1 aliphatic rings. The quantitative estimate of drug-likeness (QED) is 0.363. The van der Waals surface area contributed by atoms with Gasteiger partial charge in [0, 0.05) is 43.7 Å². The second-order valence-electron chi connectivity index (χ2n) is 9.19. The van der Waals surface area contributed by atoms with Gasteiger partial charge in [0.1, 0.15) is 18.0 Å². The number of benzene rings is 2. The van der Waals surface area contributed by atoms with Crippen molar-refractivity contribution < 1.29 is 23.8 Å². The minimum atomic E-state index is -0.365. The summed E-state index contributed by atoms with van der Waals surface area (Å²) in [5.41, 5.74) is 1.54. The number of rotatable bonds is 12. The van der Waals surface area contributed by atoms with E-state index >= 15 is 0 Å². The Morgan fingerprint density at radius 1 is 0.974 bits per heavy atom. The first-order valence-corrected chi connectivity index (χ1v) is 13.9. The Balaban J connectivity index is 1.51. The van der Waals surface area contributed by atoms with Gasteiger partial charge in [-0.3, -0.25) is 9.69 Å². The van der Waals surface area contributed by atoms with Gasteiger partial charge in [-0.1, -0.05) is 36.4 Å². The van der Waals surface area contributed by atoms with Crippen molar-refractivity contribution in [3.05, 3.63) is 76.5 Å². The first kappa shape index (κ1) is 28.4. The number of ether oxygens (including phenoxy) is 3. The summed E-state index contributed by atoms with van der Waals surface area (Å²) in [5, 5.41) is 4.94. The van der Waals surface area contributed by atoms with E-state index in [1.54, 1.807) is 41.5 Å². The van der Waals surface area contributed by atoms with E-state index < -0.39 is 0 Å². The number of morpholine rings is 1. The lowest BCUT2D eigenvalue weighted by molar-refractivity contribution is -0.133. The lowest BCUT2D eigenvalue weighted by Crippen LogP contribution is -2.48. The highest BCUT2D eigenvalue weighted by molar-refractivity contribution is 7.09. The molecule has 10 heteroatoms. The molecular weight excluding hydrogens is 516 g/mol. The second kappa shape index (κ2) is 14.5. The van der Waals surface area contributed by atoms with Crippen LogP contribution in [0.5, 0.6) is 11.5 Å². The van der Waals surface area contributed by atoms with Gasteiger partial charge in [-0.25, -0.2) is 4.79 Å². The first-order chi connectivity index (χ1) is 19.1. The van der Waals surface area contributed by atoms with E-state index in [4.69, 9.17) is 14.2 Å². The summed E-state index contributed by atoms with van der Waals surface area (Å²) in [4.78, 5) is 34.0. The fourth-order valence-corrected chi connectivity index (χ4v) is 5.04. The second-order valence-corrected chi connectivity index (χ2v) is 10.2. The molecule has 1 aromatic heterocycles. The van der Waals surface area contributed by atoms with E-state index in [-0.39, 0.29) is 18.5 Å². The fraction of sp³-hybridized carbons (Fsp3) is 0.379. The number of nitrogens with zero attached hydrogens (tertiary/aromatic N) is 3. The van der Waals surface area contributed by atoms with Crippen molar-refractivity contribution >= 4 is 29.0 Å². The average molecular weight is 553 g/mol. The monoisotopic (exact) mass is 552 g/mol. The lowest BCUT2D eigenvalue weighted by atomic mass is 10.2. The molecule has 3 amide bonds. The third-order valence-corrected chi connectivity index (χ3v) is 7.41. The highest BCUT2D eigenvalue weighted by atomic mass is 32.1. The topological polar surface area (TPSA) is 83.6 Å². The Bertz CT molecular complexity index is 1190. The van der Waals surface area contributed by atoms with Crippen LogP contribution in [0.1, 0.15) is 10.4 Å². The first-order valence-electron chi connectivity index (χ1n) is 13.0. The number of carbonyl (C=O) groups excluding carboxylic acids is 2. The molecule has 0 saturated carbocycles. The summed E-state index contributed by atoms with van der Waals surface area (Å²) in [6.45, 7) is 4.87. The summed E-state index contributed by atoms with van der Waals surface area (Å²) in [7, 11) is 3.11. The minimum Gasteiger partial charge on any atom is -0.497 e. The van der Waals surface area contributed by atoms with Crippen molar-refractivity contribution in [3.8, 4) is 11.5 Å². The largest absolute Gasteiger partial charge is 0.497 e. The van der Waals surface area contributed by atoms with Gasteiger partial charge in [0.15, 0.2) is 0 Å². The number of amides is 3. The maximum atomic E-state index is 13.7. The van der Waals surface area contributed by atoms with Crippen molar-refractivity contribution in [1.29, 1.82) is 0 Å². The van der Waals surface area contributed by atoms with Crippen LogP contribution in [-0.4, -0.2) is 86.8 Å². The molecule has 0 bridgehead atoms. The van der Waals surface area contributed by atoms with E-state index in [1.165, 1.54) is 7.11 Å². The summed E-state index contributed by atoms with van der Waals surface area (Å²) in [5.74, 6) is 0.978. The van der Waals surface area contributed by atoms with Crippen LogP contribution >= 0.6 is 11.3 Å². The molecule has 1 fully saturated rings. The number of anilines is 1. The van der Waals surface area contributed by atoms with Crippen LogP contribution in [0, 0.1) is 0 Å². The predicted octanol–water partition coefficient (Wildman–Crippen LogP) is 4.16. The van der Waals surface area contributed by atoms with E-state index in [0.29, 0.717) is 56.6 Å². The number of methoxy groups -OCH3 is 2. The van der Waals surface area contributed by atoms with E-state index in [2.05, 4.69) is 10.2 Å². The molecule has 2 aromatic carbocycles. The van der Waals surface area contributed by atoms with E-state index in [9.17, 15) is 9.59 Å². The number of nitrogens with one attached hydrogen (secondary N) is 1. The SMILES string of the molecule is COc1ccc(NC(=O)N(CCN2CCOCC2)CC(=O)N(Cc2ccccc2)Cc2cccs2)c(OC)c1. The normalized spacial score (nSPS) is 13.5. The fourth-order valence-electron chi connectivity index (χ4n) is 4.33. The van der Waals surface area contributed by atoms with Gasteiger partial charge in [0.2, 0.25) is 5.91 Å². The summed E-state index contributed by atoms with van der Waals surface area (Å²) in [6.07, 6.45) is 0. The molecule has 1 aliphatic heterocycles. The Labute approximate surface area is 233 Å². The zero-order valence-electron chi connectivity index (χ0n) is 22.5. The molecule has 9 nitrogen and oxygen atoms in total. The van der Waals surface area contributed by atoms with Crippen molar-refractivity contribution in [2.75, 3.05) is 65.5 Å². The maximum absolute atomic E-state index is 13.7. The van der Waals surface area contributed by atoms with Crippen LogP contribution in [0.25, 0.3) is 0 Å². The van der Waals surface area contributed by atoms with Gasteiger partial charge >= 0.3 is 6.03 Å². The number of carbonyl (C=O) groups is 2. The van der Waals surface area contributed by atoms with Crippen LogP contribution in [0.2, 0.25) is 0 Å². The number of urea groups is 1. The molecule has 1 N–H and O–H groups in total. The number of hydrogen-bond donors (Lipinski definition) is 1. The molecule has 2 heterocycles. The Morgan fingerprint density at radius 3 is 2.46 bits per heavy atom. The lowest BCUT2D eigenvalue weighted by Gasteiger charge is -2.31. The third-order valence-electron chi connectivity index (χ3n) is 6.55.